The van der Waals surface area contributed by atoms with Crippen LogP contribution in [-0.2, 0) is 11.8 Å². The molecule has 0 saturated heterocycles. The van der Waals surface area contributed by atoms with E-state index in [0.29, 0.717) is 0 Å². The van der Waals surface area contributed by atoms with Crippen LogP contribution in [0.3, 0.4) is 0 Å². The van der Waals surface area contributed by atoms with E-state index < -0.39 is 11.9 Å². The Bertz CT molecular complexity index is 467. The van der Waals surface area contributed by atoms with Crippen LogP contribution in [0.2, 0.25) is 0 Å². The number of aromatic nitrogens is 2. The lowest BCUT2D eigenvalue weighted by Gasteiger charge is -2.23. The maximum absolute atomic E-state index is 12.0. The van der Waals surface area contributed by atoms with Crippen LogP contribution in [0.1, 0.15) is 38.2 Å². The van der Waals surface area contributed by atoms with Crippen LogP contribution in [0.5, 0.6) is 0 Å². The first kappa shape index (κ1) is 15.0. The second-order valence-corrected chi connectivity index (χ2v) is 5.51. The van der Waals surface area contributed by atoms with Crippen LogP contribution in [0, 0.1) is 0 Å². The van der Waals surface area contributed by atoms with Gasteiger partial charge in [-0.2, -0.15) is 5.10 Å². The van der Waals surface area contributed by atoms with Crippen LogP contribution in [0.4, 0.5) is 5.69 Å². The highest BCUT2D eigenvalue weighted by atomic mass is 16.2. The molecule has 7 nitrogen and oxygen atoms in total. The average molecular weight is 267 g/mol. The molecule has 1 aromatic heterocycles. The summed E-state index contributed by atoms with van der Waals surface area (Å²) in [5.41, 5.74) is 5.83. The molecule has 4 N–H and O–H groups in total. The van der Waals surface area contributed by atoms with Crippen LogP contribution in [0.15, 0.2) is 6.20 Å². The number of aryl methyl sites for hydroxylation is 1. The molecular weight excluding hydrogens is 246 g/mol. The molecule has 106 valence electrons. The number of nitrogens with zero attached hydrogens (tertiary/aromatic N) is 2. The van der Waals surface area contributed by atoms with Crippen molar-refractivity contribution in [2.75, 3.05) is 5.73 Å². The van der Waals surface area contributed by atoms with E-state index in [9.17, 15) is 9.59 Å². The second-order valence-electron chi connectivity index (χ2n) is 5.51. The predicted octanol–water partition coefficient (Wildman–Crippen LogP) is 0.0353. The van der Waals surface area contributed by atoms with E-state index >= 15 is 0 Å². The van der Waals surface area contributed by atoms with Crippen molar-refractivity contribution in [1.82, 2.24) is 20.4 Å². The van der Waals surface area contributed by atoms with Crippen molar-refractivity contribution < 1.29 is 9.59 Å². The van der Waals surface area contributed by atoms with Crippen molar-refractivity contribution in [3.63, 3.8) is 0 Å². The van der Waals surface area contributed by atoms with Crippen LogP contribution >= 0.6 is 0 Å². The molecule has 0 fully saturated rings. The highest BCUT2D eigenvalue weighted by molar-refractivity contribution is 5.99. The molecule has 0 aliphatic carbocycles. The molecule has 0 aromatic carbocycles. The summed E-state index contributed by atoms with van der Waals surface area (Å²) in [4.78, 5) is 23.9. The summed E-state index contributed by atoms with van der Waals surface area (Å²) in [6, 6.07) is -0.652. The fourth-order valence-corrected chi connectivity index (χ4v) is 1.54. The van der Waals surface area contributed by atoms with Gasteiger partial charge in [0.1, 0.15) is 11.7 Å². The monoisotopic (exact) mass is 267 g/mol. The molecule has 0 bridgehead atoms. The highest BCUT2D eigenvalue weighted by Gasteiger charge is 2.23. The number of nitrogens with one attached hydrogen (secondary N) is 2. The second kappa shape index (κ2) is 5.29. The lowest BCUT2D eigenvalue weighted by molar-refractivity contribution is -0.124. The minimum atomic E-state index is -0.652. The molecule has 7 heteroatoms. The molecule has 2 amide bonds. The maximum Gasteiger partial charge on any atom is 0.272 e. The molecule has 0 radical (unpaired) electrons. The van der Waals surface area contributed by atoms with Gasteiger partial charge in [0.25, 0.3) is 5.91 Å². The van der Waals surface area contributed by atoms with Gasteiger partial charge in [-0.3, -0.25) is 14.3 Å². The smallest absolute Gasteiger partial charge is 0.272 e. The molecule has 1 atom stereocenters. The van der Waals surface area contributed by atoms with E-state index in [0.717, 1.165) is 0 Å². The van der Waals surface area contributed by atoms with Gasteiger partial charge in [0.05, 0.1) is 11.9 Å². The van der Waals surface area contributed by atoms with Crippen LogP contribution in [-0.4, -0.2) is 33.2 Å². The lowest BCUT2D eigenvalue weighted by Crippen LogP contribution is -2.51. The number of amides is 2. The Balaban J connectivity index is 2.70. The maximum atomic E-state index is 12.0. The molecule has 0 saturated carbocycles. The SMILES string of the molecule is CC(NC(=O)c1c(N)cnn1C)C(=O)NC(C)(C)C. The standard InChI is InChI=1S/C12H21N5O2/c1-7(10(18)16-12(2,3)4)15-11(19)9-8(13)6-14-17(9)5/h6-7H,13H2,1-5H3,(H,15,19)(H,16,18). The van der Waals surface area contributed by atoms with Gasteiger partial charge in [0, 0.05) is 12.6 Å². The lowest BCUT2D eigenvalue weighted by atomic mass is 10.1. The number of hydrogen-bond acceptors (Lipinski definition) is 4. The van der Waals surface area contributed by atoms with Crippen molar-refractivity contribution in [2.24, 2.45) is 7.05 Å². The summed E-state index contributed by atoms with van der Waals surface area (Å²) in [6.07, 6.45) is 1.40. The van der Waals surface area contributed by atoms with Gasteiger partial charge < -0.3 is 16.4 Å². The number of hydrogen-bond donors (Lipinski definition) is 3. The molecule has 19 heavy (non-hydrogen) atoms. The zero-order valence-corrected chi connectivity index (χ0v) is 11.9. The topological polar surface area (TPSA) is 102 Å². The van der Waals surface area contributed by atoms with Crippen LogP contribution < -0.4 is 16.4 Å². The van der Waals surface area contributed by atoms with Gasteiger partial charge in [-0.15, -0.1) is 0 Å². The molecule has 0 aliphatic heterocycles. The van der Waals surface area contributed by atoms with E-state index in [1.54, 1.807) is 14.0 Å². The third kappa shape index (κ3) is 3.97. The van der Waals surface area contributed by atoms with Crippen molar-refractivity contribution >= 4 is 17.5 Å². The first-order valence-electron chi connectivity index (χ1n) is 6.02. The van der Waals surface area contributed by atoms with Gasteiger partial charge in [-0.05, 0) is 27.7 Å². The molecule has 0 spiro atoms. The third-order valence-corrected chi connectivity index (χ3v) is 2.42. The quantitative estimate of drug-likeness (QED) is 0.719. The Kier molecular flexibility index (Phi) is 4.18. The first-order chi connectivity index (χ1) is 8.61. The van der Waals surface area contributed by atoms with Gasteiger partial charge in [0.2, 0.25) is 5.91 Å². The number of rotatable bonds is 3. The molecular formula is C12H21N5O2. The van der Waals surface area contributed by atoms with Gasteiger partial charge >= 0.3 is 0 Å². The van der Waals surface area contributed by atoms with Crippen molar-refractivity contribution in [3.8, 4) is 0 Å². The van der Waals surface area contributed by atoms with E-state index in [-0.39, 0.29) is 22.8 Å². The van der Waals surface area contributed by atoms with Crippen molar-refractivity contribution in [2.45, 2.75) is 39.3 Å². The Hall–Kier alpha value is -2.05. The fraction of sp³-hybridized carbons (Fsp3) is 0.583. The summed E-state index contributed by atoms with van der Waals surface area (Å²) in [5, 5.41) is 9.27. The molecule has 1 unspecified atom stereocenters. The first-order valence-corrected chi connectivity index (χ1v) is 6.02. The molecule has 1 aromatic rings. The molecule has 1 rings (SSSR count). The van der Waals surface area contributed by atoms with E-state index in [1.807, 2.05) is 20.8 Å². The number of carbonyl (C=O) groups excluding carboxylic acids is 2. The number of nitrogens with two attached hydrogens (primary N) is 1. The molecule has 0 aliphatic rings. The molecule has 1 heterocycles. The summed E-state index contributed by atoms with van der Waals surface area (Å²) in [7, 11) is 1.62. The van der Waals surface area contributed by atoms with Gasteiger partial charge in [-0.1, -0.05) is 0 Å². The summed E-state index contributed by atoms with van der Waals surface area (Å²) >= 11 is 0. The minimum Gasteiger partial charge on any atom is -0.396 e. The number of carbonyl (C=O) groups is 2. The fourth-order valence-electron chi connectivity index (χ4n) is 1.54. The van der Waals surface area contributed by atoms with Gasteiger partial charge in [-0.25, -0.2) is 0 Å². The highest BCUT2D eigenvalue weighted by Crippen LogP contribution is 2.09. The Labute approximate surface area is 112 Å². The zero-order valence-electron chi connectivity index (χ0n) is 11.9. The Morgan fingerprint density at radius 1 is 1.42 bits per heavy atom. The average Bonchev–Trinajstić information content (AvgIpc) is 2.55. The summed E-state index contributed by atoms with van der Waals surface area (Å²) < 4.78 is 1.37. The zero-order chi connectivity index (χ0) is 14.8. The number of anilines is 1. The minimum absolute atomic E-state index is 0.246. The van der Waals surface area contributed by atoms with E-state index in [4.69, 9.17) is 5.73 Å². The Morgan fingerprint density at radius 2 is 2.00 bits per heavy atom. The van der Waals surface area contributed by atoms with Gasteiger partial charge in [0.15, 0.2) is 0 Å². The summed E-state index contributed by atoms with van der Waals surface area (Å²) in [6.45, 7) is 7.24. The van der Waals surface area contributed by atoms with E-state index in [1.165, 1.54) is 10.9 Å². The summed E-state index contributed by atoms with van der Waals surface area (Å²) in [5.74, 6) is -0.671. The largest absolute Gasteiger partial charge is 0.396 e. The van der Waals surface area contributed by atoms with Crippen molar-refractivity contribution in [3.05, 3.63) is 11.9 Å². The predicted molar refractivity (Wildman–Crippen MR) is 72.4 cm³/mol. The van der Waals surface area contributed by atoms with Crippen molar-refractivity contribution in [1.29, 1.82) is 0 Å². The van der Waals surface area contributed by atoms with E-state index in [2.05, 4.69) is 15.7 Å². The normalized spacial score (nSPS) is 12.9. The number of nitrogen functional groups attached to an aromatic ring is 1. The Morgan fingerprint density at radius 3 is 2.42 bits per heavy atom. The third-order valence-electron chi connectivity index (χ3n) is 2.42. The van der Waals surface area contributed by atoms with Crippen LogP contribution in [0.25, 0.3) is 0 Å².